The summed E-state index contributed by atoms with van der Waals surface area (Å²) in [4.78, 5) is 10.5. The molecule has 0 unspecified atom stereocenters. The molecule has 1 aliphatic rings. The van der Waals surface area contributed by atoms with Crippen LogP contribution in [0.2, 0.25) is 0 Å². The molecule has 1 aromatic rings. The summed E-state index contributed by atoms with van der Waals surface area (Å²) in [5, 5.41) is 7.36. The van der Waals surface area contributed by atoms with Gasteiger partial charge in [0.2, 0.25) is 0 Å². The van der Waals surface area contributed by atoms with E-state index in [2.05, 4.69) is 21.9 Å². The summed E-state index contributed by atoms with van der Waals surface area (Å²) < 4.78 is 5.51. The molecule has 0 saturated heterocycles. The van der Waals surface area contributed by atoms with Crippen molar-refractivity contribution in [3.05, 3.63) is 17.5 Å². The lowest BCUT2D eigenvalue weighted by Gasteiger charge is -2.15. The fraction of sp³-hybridized carbons (Fsp3) is 0.583. The lowest BCUT2D eigenvalue weighted by atomic mass is 10.3. The predicted octanol–water partition coefficient (Wildman–Crippen LogP) is 0.542. The van der Waals surface area contributed by atoms with Gasteiger partial charge in [-0.3, -0.25) is 5.41 Å². The fourth-order valence-electron chi connectivity index (χ4n) is 1.72. The van der Waals surface area contributed by atoms with E-state index in [1.54, 1.807) is 6.07 Å². The number of nitrogens with zero attached hydrogens (tertiary/aromatic N) is 3. The van der Waals surface area contributed by atoms with Crippen molar-refractivity contribution < 1.29 is 4.74 Å². The summed E-state index contributed by atoms with van der Waals surface area (Å²) in [6.45, 7) is 3.24. The number of hydrogen-bond acceptors (Lipinski definition) is 5. The van der Waals surface area contributed by atoms with E-state index in [0.717, 1.165) is 18.3 Å². The molecule has 2 rings (SSSR count). The highest BCUT2D eigenvalue weighted by atomic mass is 16.5. The van der Waals surface area contributed by atoms with E-state index >= 15 is 0 Å². The number of likely N-dealkylation sites (N-methyl/N-ethyl adjacent to an activating group) is 1. The number of aryl methyl sites for hydroxylation is 1. The number of hydrogen-bond donors (Lipinski definition) is 2. The zero-order valence-electron chi connectivity index (χ0n) is 10.8. The topological polar surface area (TPSA) is 88.1 Å². The molecule has 1 aromatic heterocycles. The lowest BCUT2D eigenvalue weighted by molar-refractivity contribution is 0.220. The van der Waals surface area contributed by atoms with Crippen molar-refractivity contribution >= 4 is 5.84 Å². The third-order valence-electron chi connectivity index (χ3n) is 2.96. The Morgan fingerprint density at radius 2 is 2.28 bits per heavy atom. The van der Waals surface area contributed by atoms with Crippen molar-refractivity contribution in [2.45, 2.75) is 25.8 Å². The number of nitrogens with one attached hydrogen (secondary N) is 1. The minimum atomic E-state index is -0.0690. The average molecular weight is 249 g/mol. The summed E-state index contributed by atoms with van der Waals surface area (Å²) in [5.41, 5.74) is 6.57. The number of nitrogen functional groups attached to an aromatic ring is 1. The number of aromatic nitrogens is 2. The fourth-order valence-corrected chi connectivity index (χ4v) is 1.72. The van der Waals surface area contributed by atoms with Crippen LogP contribution in [0, 0.1) is 12.3 Å². The summed E-state index contributed by atoms with van der Waals surface area (Å²) in [5.74, 6) is -0.0690. The summed E-state index contributed by atoms with van der Waals surface area (Å²) in [6, 6.07) is 2.69. The number of nitrogens with two attached hydrogens (primary N) is 1. The molecule has 1 aliphatic carbocycles. The number of amidine groups is 1. The van der Waals surface area contributed by atoms with Gasteiger partial charge in [0, 0.05) is 18.3 Å². The van der Waals surface area contributed by atoms with Crippen LogP contribution in [0.5, 0.6) is 6.01 Å². The SMILES string of the molecule is Cc1cc(C(=N)N)nc(OCCN(C)C2CC2)n1. The summed E-state index contributed by atoms with van der Waals surface area (Å²) in [6.07, 6.45) is 2.57. The van der Waals surface area contributed by atoms with E-state index < -0.39 is 0 Å². The summed E-state index contributed by atoms with van der Waals surface area (Å²) >= 11 is 0. The minimum absolute atomic E-state index is 0.0690. The molecule has 0 atom stereocenters. The maximum absolute atomic E-state index is 7.36. The van der Waals surface area contributed by atoms with Gasteiger partial charge in [-0.25, -0.2) is 4.98 Å². The number of rotatable bonds is 6. The summed E-state index contributed by atoms with van der Waals surface area (Å²) in [7, 11) is 2.10. The maximum Gasteiger partial charge on any atom is 0.317 e. The molecular weight excluding hydrogens is 230 g/mol. The monoisotopic (exact) mass is 249 g/mol. The van der Waals surface area contributed by atoms with Gasteiger partial charge in [-0.2, -0.15) is 4.98 Å². The van der Waals surface area contributed by atoms with E-state index in [1.807, 2.05) is 6.92 Å². The highest BCUT2D eigenvalue weighted by molar-refractivity contribution is 5.93. The van der Waals surface area contributed by atoms with Gasteiger partial charge in [-0.05, 0) is 32.9 Å². The van der Waals surface area contributed by atoms with Gasteiger partial charge in [0.15, 0.2) is 0 Å². The van der Waals surface area contributed by atoms with Crippen LogP contribution in [0.3, 0.4) is 0 Å². The first-order valence-corrected chi connectivity index (χ1v) is 6.09. The third-order valence-corrected chi connectivity index (χ3v) is 2.96. The largest absolute Gasteiger partial charge is 0.462 e. The van der Waals surface area contributed by atoms with Crippen molar-refractivity contribution in [2.75, 3.05) is 20.2 Å². The van der Waals surface area contributed by atoms with E-state index in [9.17, 15) is 0 Å². The molecule has 0 spiro atoms. The lowest BCUT2D eigenvalue weighted by Crippen LogP contribution is -2.26. The van der Waals surface area contributed by atoms with Crippen LogP contribution in [0.25, 0.3) is 0 Å². The van der Waals surface area contributed by atoms with Crippen LogP contribution >= 0.6 is 0 Å². The Kier molecular flexibility index (Phi) is 3.76. The molecule has 0 bridgehead atoms. The van der Waals surface area contributed by atoms with Crippen molar-refractivity contribution in [3.63, 3.8) is 0 Å². The smallest absolute Gasteiger partial charge is 0.317 e. The predicted molar refractivity (Wildman–Crippen MR) is 68.9 cm³/mol. The molecule has 1 heterocycles. The van der Waals surface area contributed by atoms with Gasteiger partial charge in [-0.15, -0.1) is 0 Å². The highest BCUT2D eigenvalue weighted by Gasteiger charge is 2.25. The molecular formula is C12H19N5O. The van der Waals surface area contributed by atoms with Gasteiger partial charge in [0.25, 0.3) is 0 Å². The third kappa shape index (κ3) is 3.40. The van der Waals surface area contributed by atoms with Crippen molar-refractivity contribution in [2.24, 2.45) is 5.73 Å². The van der Waals surface area contributed by atoms with Crippen LogP contribution < -0.4 is 10.5 Å². The molecule has 0 radical (unpaired) electrons. The molecule has 3 N–H and O–H groups in total. The zero-order valence-corrected chi connectivity index (χ0v) is 10.8. The highest BCUT2D eigenvalue weighted by Crippen LogP contribution is 2.24. The zero-order chi connectivity index (χ0) is 13.1. The Morgan fingerprint density at radius 1 is 1.56 bits per heavy atom. The standard InChI is InChI=1S/C12H19N5O/c1-8-7-10(11(13)14)16-12(15-8)18-6-5-17(2)9-3-4-9/h7,9H,3-6H2,1-2H3,(H3,13,14). The second kappa shape index (κ2) is 5.30. The van der Waals surface area contributed by atoms with Crippen molar-refractivity contribution in [3.8, 4) is 6.01 Å². The molecule has 0 amide bonds. The van der Waals surface area contributed by atoms with E-state index in [0.29, 0.717) is 18.3 Å². The van der Waals surface area contributed by atoms with Crippen LogP contribution in [0.15, 0.2) is 6.07 Å². The molecule has 6 nitrogen and oxygen atoms in total. The van der Waals surface area contributed by atoms with Gasteiger partial charge in [0.1, 0.15) is 18.1 Å². The van der Waals surface area contributed by atoms with Crippen molar-refractivity contribution in [1.82, 2.24) is 14.9 Å². The molecule has 0 aliphatic heterocycles. The Bertz CT molecular complexity index is 444. The van der Waals surface area contributed by atoms with Gasteiger partial charge < -0.3 is 15.4 Å². The molecule has 18 heavy (non-hydrogen) atoms. The molecule has 98 valence electrons. The van der Waals surface area contributed by atoms with Crippen LogP contribution in [-0.4, -0.2) is 46.9 Å². The first-order valence-electron chi connectivity index (χ1n) is 6.09. The normalized spacial score (nSPS) is 14.8. The Labute approximate surface area is 107 Å². The minimum Gasteiger partial charge on any atom is -0.462 e. The Hall–Kier alpha value is -1.69. The van der Waals surface area contributed by atoms with Crippen LogP contribution in [0.1, 0.15) is 24.2 Å². The number of ether oxygens (including phenoxy) is 1. The first kappa shape index (κ1) is 12.8. The second-order valence-electron chi connectivity index (χ2n) is 4.65. The second-order valence-corrected chi connectivity index (χ2v) is 4.65. The molecule has 0 aromatic carbocycles. The average Bonchev–Trinajstić information content (AvgIpc) is 3.11. The maximum atomic E-state index is 7.36. The Morgan fingerprint density at radius 3 is 2.89 bits per heavy atom. The van der Waals surface area contributed by atoms with E-state index in [1.165, 1.54) is 12.8 Å². The Balaban J connectivity index is 1.89. The van der Waals surface area contributed by atoms with Gasteiger partial charge in [-0.1, -0.05) is 0 Å². The van der Waals surface area contributed by atoms with Crippen molar-refractivity contribution in [1.29, 1.82) is 5.41 Å². The van der Waals surface area contributed by atoms with Gasteiger partial charge >= 0.3 is 6.01 Å². The molecule has 1 saturated carbocycles. The van der Waals surface area contributed by atoms with Gasteiger partial charge in [0.05, 0.1) is 0 Å². The van der Waals surface area contributed by atoms with E-state index in [4.69, 9.17) is 15.9 Å². The quantitative estimate of drug-likeness (QED) is 0.567. The van der Waals surface area contributed by atoms with E-state index in [-0.39, 0.29) is 5.84 Å². The van der Waals surface area contributed by atoms with Crippen LogP contribution in [-0.2, 0) is 0 Å². The van der Waals surface area contributed by atoms with Crippen LogP contribution in [0.4, 0.5) is 0 Å². The molecule has 1 fully saturated rings. The first-order chi connectivity index (χ1) is 8.56. The molecule has 6 heteroatoms.